The summed E-state index contributed by atoms with van der Waals surface area (Å²) in [6, 6.07) is 21.1. The lowest BCUT2D eigenvalue weighted by Gasteiger charge is -2.43. The number of benzene rings is 2. The fraction of sp³-hybridized carbons (Fsp3) is 0.516. The van der Waals surface area contributed by atoms with Crippen molar-refractivity contribution >= 4 is 46.3 Å². The summed E-state index contributed by atoms with van der Waals surface area (Å²) < 4.78 is 24.9. The Morgan fingerprint density at radius 3 is 2.35 bits per heavy atom. The second kappa shape index (κ2) is 24.7. The molecule has 2 saturated carbocycles. The van der Waals surface area contributed by atoms with Crippen molar-refractivity contribution in [3.8, 4) is 39.2 Å². The quantitative estimate of drug-likeness (QED) is 0.0592. The zero-order valence-corrected chi connectivity index (χ0v) is 49.0. The van der Waals surface area contributed by atoms with E-state index in [-0.39, 0.29) is 78.8 Å². The van der Waals surface area contributed by atoms with Gasteiger partial charge in [-0.05, 0) is 98.3 Å². The number of pyridine rings is 1. The minimum absolute atomic E-state index is 0.0299. The highest BCUT2D eigenvalue weighted by atomic mass is 32.1. The number of piperazine rings is 1. The molecule has 12 rings (SSSR count). The Balaban J connectivity index is 0.585. The van der Waals surface area contributed by atoms with Gasteiger partial charge in [-0.2, -0.15) is 0 Å². The topological polar surface area (TPSA) is 251 Å². The molecule has 6 atom stereocenters. The van der Waals surface area contributed by atoms with E-state index in [9.17, 15) is 24.6 Å². The van der Waals surface area contributed by atoms with E-state index in [4.69, 9.17) is 24.5 Å². The van der Waals surface area contributed by atoms with Crippen molar-refractivity contribution in [3.05, 3.63) is 102 Å². The number of ether oxygens (including phenoxy) is 3. The van der Waals surface area contributed by atoms with E-state index in [0.29, 0.717) is 47.4 Å². The van der Waals surface area contributed by atoms with Crippen molar-refractivity contribution in [3.63, 3.8) is 0 Å². The number of hydrogen-bond donors (Lipinski definition) is 4. The third-order valence-electron chi connectivity index (χ3n) is 18.1. The summed E-state index contributed by atoms with van der Waals surface area (Å²) in [4.78, 5) is 63.4. The Bertz CT molecular complexity index is 3280. The van der Waals surface area contributed by atoms with Crippen LogP contribution in [-0.2, 0) is 19.1 Å². The molecule has 84 heavy (non-hydrogen) atoms. The molecule has 22 heteroatoms. The second-order valence-electron chi connectivity index (χ2n) is 24.0. The first-order valence-corrected chi connectivity index (χ1v) is 30.7. The van der Waals surface area contributed by atoms with E-state index in [1.54, 1.807) is 47.0 Å². The van der Waals surface area contributed by atoms with Crippen molar-refractivity contribution in [2.24, 2.45) is 5.92 Å². The Morgan fingerprint density at radius 2 is 1.64 bits per heavy atom. The largest absolute Gasteiger partial charge is 0.507 e. The van der Waals surface area contributed by atoms with Gasteiger partial charge >= 0.3 is 0 Å². The van der Waals surface area contributed by atoms with Crippen LogP contribution < -0.4 is 30.3 Å². The summed E-state index contributed by atoms with van der Waals surface area (Å²) in [5, 5.41) is 37.2. The number of fused-ring (bicyclic) bond motifs is 2. The minimum atomic E-state index is -1.01. The maximum Gasteiger partial charge on any atom is 0.254 e. The molecular formula is C62H76N12O9S. The van der Waals surface area contributed by atoms with E-state index in [1.165, 1.54) is 4.90 Å². The number of nitrogen functional groups attached to an aromatic ring is 1. The minimum Gasteiger partial charge on any atom is -0.507 e. The van der Waals surface area contributed by atoms with Gasteiger partial charge in [-0.15, -0.1) is 21.5 Å². The predicted molar refractivity (Wildman–Crippen MR) is 317 cm³/mol. The number of para-hydroxylation sites is 1. The lowest BCUT2D eigenvalue weighted by Crippen LogP contribution is -2.54. The molecule has 6 fully saturated rings. The number of nitrogens with one attached hydrogen (secondary N) is 1. The van der Waals surface area contributed by atoms with Crippen molar-refractivity contribution in [2.45, 2.75) is 146 Å². The van der Waals surface area contributed by atoms with Crippen molar-refractivity contribution in [1.29, 1.82) is 0 Å². The highest BCUT2D eigenvalue weighted by Crippen LogP contribution is 2.41. The average molecular weight is 1170 g/mol. The van der Waals surface area contributed by atoms with Crippen molar-refractivity contribution in [1.82, 2.24) is 45.3 Å². The lowest BCUT2D eigenvalue weighted by molar-refractivity contribution is -0.143. The number of likely N-dealkylation sites (N-methyl/N-ethyl adjacent to an activating group) is 1. The smallest absolute Gasteiger partial charge is 0.254 e. The van der Waals surface area contributed by atoms with Gasteiger partial charge in [-0.1, -0.05) is 50.2 Å². The maximum absolute atomic E-state index is 14.6. The summed E-state index contributed by atoms with van der Waals surface area (Å²) in [5.74, 6) is -0.416. The Hall–Kier alpha value is -7.40. The van der Waals surface area contributed by atoms with Gasteiger partial charge in [0.25, 0.3) is 5.88 Å². The number of carbonyl (C=O) groups excluding carboxylic acids is 3. The van der Waals surface area contributed by atoms with Gasteiger partial charge in [0.2, 0.25) is 23.6 Å². The number of β-amino-alcohol motifs (C(OH)–C–C–N with tert-alkyl or cyclic N) is 1. The molecule has 4 aliphatic heterocycles. The Morgan fingerprint density at radius 1 is 0.881 bits per heavy atom. The molecule has 4 aromatic heterocycles. The summed E-state index contributed by atoms with van der Waals surface area (Å²) in [5.41, 5.74) is 13.9. The number of hydrogen-bond acceptors (Lipinski definition) is 19. The number of rotatable bonds is 20. The molecule has 4 saturated heterocycles. The maximum atomic E-state index is 14.6. The molecule has 1 unspecified atom stereocenters. The van der Waals surface area contributed by atoms with Crippen LogP contribution in [0.15, 0.2) is 89.0 Å². The number of aliphatic hydroxyl groups excluding tert-OH is 1. The van der Waals surface area contributed by atoms with Gasteiger partial charge in [0, 0.05) is 113 Å². The highest BCUT2D eigenvalue weighted by Gasteiger charge is 2.46. The second-order valence-corrected chi connectivity index (χ2v) is 24.8. The third kappa shape index (κ3) is 12.1. The van der Waals surface area contributed by atoms with Gasteiger partial charge in [-0.25, -0.2) is 9.97 Å². The Kier molecular flexibility index (Phi) is 16.8. The fourth-order valence-electron chi connectivity index (χ4n) is 13.1. The summed E-state index contributed by atoms with van der Waals surface area (Å²) >= 11 is 1.54. The molecule has 0 spiro atoms. The number of aromatic nitrogens is 5. The number of anilines is 3. The monoisotopic (exact) mass is 1160 g/mol. The number of likely N-dealkylation sites (tertiary alicyclic amines) is 2. The first-order valence-electron chi connectivity index (χ1n) is 29.8. The summed E-state index contributed by atoms with van der Waals surface area (Å²) in [6.07, 6.45) is 9.73. The van der Waals surface area contributed by atoms with Crippen LogP contribution in [0.25, 0.3) is 21.7 Å². The van der Waals surface area contributed by atoms with Crippen LogP contribution in [0.2, 0.25) is 0 Å². The molecule has 2 aliphatic carbocycles. The van der Waals surface area contributed by atoms with Crippen LogP contribution >= 0.6 is 11.3 Å². The normalized spacial score (nSPS) is 23.5. The predicted octanol–water partition coefficient (Wildman–Crippen LogP) is 7.14. The number of phenols is 1. The number of thiazole rings is 1. The number of nitrogens with two attached hydrogens (primary N) is 1. The number of phenolic OH excluding ortho intramolecular Hbond substituents is 1. The van der Waals surface area contributed by atoms with E-state index < -0.39 is 30.0 Å². The number of piperidine rings is 1. The van der Waals surface area contributed by atoms with Crippen molar-refractivity contribution in [2.75, 3.05) is 68.5 Å². The SMILES string of the molecule is Cc1ncsc1-c1ccc([C@@H](NC(=O)[C@@H]2C[C@@H](O)CN2C(=O)[C@@H](c2cc(OCCN3CCC(OC4CC(Oc5cc(N6C7CC[C@@H]6CN(c6cc(-c8ccccc8O)nnc6N)C7)ccn5)C4)CC3)no2)C(C)C)C(=O)N(C)C2CCC2)cc1. The number of nitrogens with zero attached hydrogens (tertiary/aromatic N) is 10. The molecule has 3 amide bonds. The van der Waals surface area contributed by atoms with Crippen molar-refractivity contribution < 1.29 is 43.3 Å². The number of aromatic hydroxyl groups is 1. The van der Waals surface area contributed by atoms with Crippen LogP contribution in [-0.4, -0.2) is 169 Å². The molecule has 444 valence electrons. The van der Waals surface area contributed by atoms with Gasteiger partial charge in [0.1, 0.15) is 36.5 Å². The van der Waals surface area contributed by atoms with E-state index in [2.05, 4.69) is 57.5 Å². The van der Waals surface area contributed by atoms with Crippen LogP contribution in [0.1, 0.15) is 107 Å². The molecule has 5 N–H and O–H groups in total. The fourth-order valence-corrected chi connectivity index (χ4v) is 13.9. The molecule has 0 radical (unpaired) electrons. The molecular weight excluding hydrogens is 1090 g/mol. The third-order valence-corrected chi connectivity index (χ3v) is 19.1. The van der Waals surface area contributed by atoms with Crippen LogP contribution in [0, 0.1) is 12.8 Å². The molecule has 2 aromatic carbocycles. The lowest BCUT2D eigenvalue weighted by atomic mass is 9.90. The number of carbonyl (C=O) groups is 3. The first kappa shape index (κ1) is 57.1. The van der Waals surface area contributed by atoms with Crippen LogP contribution in [0.3, 0.4) is 0 Å². The molecule has 8 heterocycles. The molecule has 2 bridgehead atoms. The molecule has 21 nitrogen and oxygen atoms in total. The Labute approximate surface area is 493 Å². The van der Waals surface area contributed by atoms with Crippen LogP contribution in [0.4, 0.5) is 17.2 Å². The number of amides is 3. The molecule has 6 aromatic rings. The summed E-state index contributed by atoms with van der Waals surface area (Å²) in [6.45, 7) is 10.1. The first-order chi connectivity index (χ1) is 40.7. The van der Waals surface area contributed by atoms with Gasteiger partial charge in [0.15, 0.2) is 11.6 Å². The zero-order chi connectivity index (χ0) is 58.2. The molecule has 6 aliphatic rings. The van der Waals surface area contributed by atoms with Crippen LogP contribution in [0.5, 0.6) is 17.5 Å². The van der Waals surface area contributed by atoms with Gasteiger partial charge in [-0.3, -0.25) is 19.3 Å². The standard InChI is InChI=1S/C62H76N12O9S/c1-36(2)56(61(78)73-34-44(75)27-51(73)60(77)66-57(62(79)70(4)40-8-7-9-40)38-12-14-39(15-13-38)58-37(3)65-35-84-58)53-31-55(69-83-53)80-25-24-71-22-19-45(20-23-71)81-46-28-47(29-46)82-54-26-41(18-21-64-54)74-42-16-17-43(74)33-72(32-42)50-30-49(67-68-59(50)63)48-10-5-6-11-52(48)76/h5-6,10-15,18,21,26,30-31,35-36,40,42-47,51,56-57,75-76H,7-9,16-17,19-20,22-25,27-29,32-34H2,1-4H3,(H2,63,68)(H,66,77)/t42-,43?,44-,46?,47?,51+,56-,57-/m1/s1. The van der Waals surface area contributed by atoms with E-state index >= 15 is 0 Å². The number of aliphatic hydroxyl groups is 1. The summed E-state index contributed by atoms with van der Waals surface area (Å²) in [7, 11) is 1.78. The van der Waals surface area contributed by atoms with E-state index in [0.717, 1.165) is 111 Å². The average Bonchev–Trinajstić information content (AvgIpc) is 2.57. The zero-order valence-electron chi connectivity index (χ0n) is 48.2. The van der Waals surface area contributed by atoms with Gasteiger partial charge < -0.3 is 59.6 Å². The van der Waals surface area contributed by atoms with Gasteiger partial charge in [0.05, 0.1) is 45.8 Å². The number of aryl methyl sites for hydroxylation is 1. The highest BCUT2D eigenvalue weighted by molar-refractivity contribution is 7.13. The van der Waals surface area contributed by atoms with E-state index in [1.807, 2.05) is 69.4 Å².